The van der Waals surface area contributed by atoms with Crippen LogP contribution in [-0.4, -0.2) is 57.7 Å². The Labute approximate surface area is 69.2 Å². The van der Waals surface area contributed by atoms with Gasteiger partial charge in [0.2, 0.25) is 5.79 Å². The standard InChI is InChI=1S/C6H13NO5/c7-2-6(11)5(10)4(9)3(8)1-12-6/h3-5,8-11H,1-2,7H2/t3-,4?,5+,6+/m1/s1. The van der Waals surface area contributed by atoms with E-state index < -0.39 is 24.1 Å². The molecule has 0 bridgehead atoms. The van der Waals surface area contributed by atoms with Crippen LogP contribution in [0.4, 0.5) is 0 Å². The summed E-state index contributed by atoms with van der Waals surface area (Å²) in [7, 11) is 0. The smallest absolute Gasteiger partial charge is 0.207 e. The normalized spacial score (nSPS) is 49.2. The van der Waals surface area contributed by atoms with E-state index in [0.29, 0.717) is 0 Å². The first-order valence-electron chi connectivity index (χ1n) is 3.62. The lowest BCUT2D eigenvalue weighted by Crippen LogP contribution is -2.63. The summed E-state index contributed by atoms with van der Waals surface area (Å²) in [6.45, 7) is -0.579. The SMILES string of the molecule is NC[C@]1(O)OC[C@@H](O)C(O)[C@@H]1O. The molecular weight excluding hydrogens is 166 g/mol. The molecule has 0 spiro atoms. The van der Waals surface area contributed by atoms with Crippen LogP contribution in [0.25, 0.3) is 0 Å². The van der Waals surface area contributed by atoms with E-state index in [0.717, 1.165) is 0 Å². The fraction of sp³-hybridized carbons (Fsp3) is 1.00. The van der Waals surface area contributed by atoms with Crippen molar-refractivity contribution in [3.8, 4) is 0 Å². The van der Waals surface area contributed by atoms with Gasteiger partial charge in [-0.15, -0.1) is 0 Å². The zero-order chi connectivity index (χ0) is 9.35. The first-order valence-corrected chi connectivity index (χ1v) is 3.62. The van der Waals surface area contributed by atoms with Crippen molar-refractivity contribution in [2.75, 3.05) is 13.2 Å². The Morgan fingerprint density at radius 2 is 2.00 bits per heavy atom. The summed E-state index contributed by atoms with van der Waals surface area (Å²) in [5.41, 5.74) is 5.11. The number of hydrogen-bond donors (Lipinski definition) is 5. The average Bonchev–Trinajstić information content (AvgIpc) is 2.09. The molecule has 6 heteroatoms. The third-order valence-electron chi connectivity index (χ3n) is 1.98. The van der Waals surface area contributed by atoms with Gasteiger partial charge in [-0.05, 0) is 0 Å². The molecule has 1 saturated heterocycles. The molecule has 0 amide bonds. The Morgan fingerprint density at radius 3 is 2.50 bits per heavy atom. The predicted molar refractivity (Wildman–Crippen MR) is 38.0 cm³/mol. The fourth-order valence-corrected chi connectivity index (χ4v) is 1.07. The largest absolute Gasteiger partial charge is 0.388 e. The molecule has 1 heterocycles. The molecule has 12 heavy (non-hydrogen) atoms. The van der Waals surface area contributed by atoms with E-state index in [1.54, 1.807) is 0 Å². The highest BCUT2D eigenvalue weighted by Crippen LogP contribution is 2.22. The van der Waals surface area contributed by atoms with E-state index in [2.05, 4.69) is 4.74 Å². The maximum Gasteiger partial charge on any atom is 0.207 e. The third-order valence-corrected chi connectivity index (χ3v) is 1.98. The van der Waals surface area contributed by atoms with Crippen molar-refractivity contribution in [2.24, 2.45) is 5.73 Å². The zero-order valence-corrected chi connectivity index (χ0v) is 6.42. The van der Waals surface area contributed by atoms with E-state index in [9.17, 15) is 10.2 Å². The van der Waals surface area contributed by atoms with E-state index in [-0.39, 0.29) is 13.2 Å². The first kappa shape index (κ1) is 9.85. The minimum Gasteiger partial charge on any atom is -0.388 e. The molecule has 1 unspecified atom stereocenters. The monoisotopic (exact) mass is 179 g/mol. The molecule has 1 fully saturated rings. The lowest BCUT2D eigenvalue weighted by Gasteiger charge is -2.40. The summed E-state index contributed by atoms with van der Waals surface area (Å²) < 4.78 is 4.68. The van der Waals surface area contributed by atoms with Gasteiger partial charge in [0.1, 0.15) is 18.3 Å². The Kier molecular flexibility index (Phi) is 2.67. The van der Waals surface area contributed by atoms with Gasteiger partial charge in [0.15, 0.2) is 0 Å². The maximum absolute atomic E-state index is 9.37. The van der Waals surface area contributed by atoms with Crippen LogP contribution in [0.2, 0.25) is 0 Å². The van der Waals surface area contributed by atoms with Crippen LogP contribution in [0.5, 0.6) is 0 Å². The third kappa shape index (κ3) is 1.45. The van der Waals surface area contributed by atoms with E-state index >= 15 is 0 Å². The summed E-state index contributed by atoms with van der Waals surface area (Å²) >= 11 is 0. The van der Waals surface area contributed by atoms with Crippen molar-refractivity contribution >= 4 is 0 Å². The van der Waals surface area contributed by atoms with Crippen LogP contribution in [-0.2, 0) is 4.74 Å². The molecule has 0 saturated carbocycles. The molecule has 1 aliphatic rings. The van der Waals surface area contributed by atoms with Crippen molar-refractivity contribution < 1.29 is 25.2 Å². The number of aliphatic hydroxyl groups is 4. The van der Waals surface area contributed by atoms with Gasteiger partial charge >= 0.3 is 0 Å². The quantitative estimate of drug-likeness (QED) is 0.288. The van der Waals surface area contributed by atoms with Gasteiger partial charge < -0.3 is 30.9 Å². The fourth-order valence-electron chi connectivity index (χ4n) is 1.07. The zero-order valence-electron chi connectivity index (χ0n) is 6.42. The lowest BCUT2D eigenvalue weighted by atomic mass is 9.97. The number of ether oxygens (including phenoxy) is 1. The highest BCUT2D eigenvalue weighted by Gasteiger charge is 2.47. The van der Waals surface area contributed by atoms with E-state index in [1.165, 1.54) is 0 Å². The number of nitrogens with two attached hydrogens (primary N) is 1. The van der Waals surface area contributed by atoms with Crippen molar-refractivity contribution in [3.05, 3.63) is 0 Å². The topological polar surface area (TPSA) is 116 Å². The molecule has 6 N–H and O–H groups in total. The second-order valence-electron chi connectivity index (χ2n) is 2.86. The molecule has 0 radical (unpaired) electrons. The Morgan fingerprint density at radius 1 is 1.42 bits per heavy atom. The lowest BCUT2D eigenvalue weighted by molar-refractivity contribution is -0.315. The average molecular weight is 179 g/mol. The van der Waals surface area contributed by atoms with Crippen LogP contribution in [0.1, 0.15) is 0 Å². The molecule has 0 aliphatic carbocycles. The van der Waals surface area contributed by atoms with Gasteiger partial charge in [-0.3, -0.25) is 0 Å². The van der Waals surface area contributed by atoms with Gasteiger partial charge in [0.05, 0.1) is 6.61 Å². The Balaban J connectivity index is 2.71. The molecule has 0 aromatic carbocycles. The molecule has 1 rings (SSSR count). The van der Waals surface area contributed by atoms with Gasteiger partial charge in [0.25, 0.3) is 0 Å². The molecule has 72 valence electrons. The first-order chi connectivity index (χ1) is 5.51. The van der Waals surface area contributed by atoms with Crippen molar-refractivity contribution in [1.29, 1.82) is 0 Å². The molecule has 4 atom stereocenters. The number of rotatable bonds is 1. The second-order valence-corrected chi connectivity index (χ2v) is 2.86. The van der Waals surface area contributed by atoms with Crippen LogP contribution in [0.15, 0.2) is 0 Å². The maximum atomic E-state index is 9.37. The summed E-state index contributed by atoms with van der Waals surface area (Å²) in [6.07, 6.45) is -4.19. The molecule has 0 aromatic heterocycles. The minimum atomic E-state index is -1.95. The van der Waals surface area contributed by atoms with Gasteiger partial charge in [-0.2, -0.15) is 0 Å². The predicted octanol–water partition coefficient (Wildman–Crippen LogP) is -3.25. The van der Waals surface area contributed by atoms with Crippen molar-refractivity contribution in [3.63, 3.8) is 0 Å². The summed E-state index contributed by atoms with van der Waals surface area (Å²) in [6, 6.07) is 0. The molecule has 1 aliphatic heterocycles. The number of aliphatic hydroxyl groups excluding tert-OH is 3. The highest BCUT2D eigenvalue weighted by molar-refractivity contribution is 4.91. The summed E-state index contributed by atoms with van der Waals surface area (Å²) in [4.78, 5) is 0. The van der Waals surface area contributed by atoms with E-state index in [4.69, 9.17) is 15.9 Å². The molecule has 6 nitrogen and oxygen atoms in total. The minimum absolute atomic E-state index is 0.244. The van der Waals surface area contributed by atoms with Crippen LogP contribution in [0, 0.1) is 0 Å². The molecular formula is C6H13NO5. The highest BCUT2D eigenvalue weighted by atomic mass is 16.6. The van der Waals surface area contributed by atoms with Crippen molar-refractivity contribution in [2.45, 2.75) is 24.1 Å². The Bertz CT molecular complexity index is 166. The van der Waals surface area contributed by atoms with Gasteiger partial charge in [0, 0.05) is 6.54 Å². The van der Waals surface area contributed by atoms with E-state index in [1.807, 2.05) is 0 Å². The van der Waals surface area contributed by atoms with Gasteiger partial charge in [-0.1, -0.05) is 0 Å². The van der Waals surface area contributed by atoms with Crippen LogP contribution in [0.3, 0.4) is 0 Å². The molecule has 0 aromatic rings. The number of hydrogen-bond acceptors (Lipinski definition) is 6. The Hall–Kier alpha value is -0.240. The summed E-state index contributed by atoms with van der Waals surface area (Å²) in [5, 5.41) is 36.7. The van der Waals surface area contributed by atoms with Crippen molar-refractivity contribution in [1.82, 2.24) is 0 Å². The summed E-state index contributed by atoms with van der Waals surface area (Å²) in [5.74, 6) is -1.95. The van der Waals surface area contributed by atoms with Crippen LogP contribution >= 0.6 is 0 Å². The second kappa shape index (κ2) is 3.25. The van der Waals surface area contributed by atoms with Crippen LogP contribution < -0.4 is 5.73 Å². The van der Waals surface area contributed by atoms with Gasteiger partial charge in [-0.25, -0.2) is 0 Å².